The Labute approximate surface area is 119 Å². The van der Waals surface area contributed by atoms with Crippen molar-refractivity contribution in [2.45, 2.75) is 33.4 Å². The number of aryl methyl sites for hydroxylation is 1. The van der Waals surface area contributed by atoms with Crippen LogP contribution in [0.4, 0.5) is 0 Å². The summed E-state index contributed by atoms with van der Waals surface area (Å²) in [5.74, 6) is 0. The predicted octanol–water partition coefficient (Wildman–Crippen LogP) is 3.39. The zero-order chi connectivity index (χ0) is 13.7. The lowest BCUT2D eigenvalue weighted by Crippen LogP contribution is -2.13. The van der Waals surface area contributed by atoms with Gasteiger partial charge in [-0.05, 0) is 31.0 Å². The summed E-state index contributed by atoms with van der Waals surface area (Å²) in [5, 5.41) is 8.48. The molecule has 19 heavy (non-hydrogen) atoms. The lowest BCUT2D eigenvalue weighted by atomic mass is 10.1. The molecule has 1 aromatic carbocycles. The van der Waals surface area contributed by atoms with Crippen molar-refractivity contribution in [3.63, 3.8) is 0 Å². The number of halogens is 1. The lowest BCUT2D eigenvalue weighted by Gasteiger charge is -2.05. The Hall–Kier alpha value is -1.32. The van der Waals surface area contributed by atoms with Crippen LogP contribution in [-0.4, -0.2) is 16.3 Å². The molecule has 1 heterocycles. The van der Waals surface area contributed by atoms with Gasteiger partial charge in [-0.2, -0.15) is 5.10 Å². The minimum Gasteiger partial charge on any atom is -0.313 e. The first-order chi connectivity index (χ1) is 9.19. The van der Waals surface area contributed by atoms with E-state index in [1.165, 1.54) is 11.1 Å². The van der Waals surface area contributed by atoms with Gasteiger partial charge < -0.3 is 5.32 Å². The summed E-state index contributed by atoms with van der Waals surface area (Å²) in [5.41, 5.74) is 3.42. The van der Waals surface area contributed by atoms with Crippen molar-refractivity contribution >= 4 is 11.6 Å². The van der Waals surface area contributed by atoms with Gasteiger partial charge in [0.1, 0.15) is 0 Å². The van der Waals surface area contributed by atoms with Crippen LogP contribution in [-0.2, 0) is 13.1 Å². The topological polar surface area (TPSA) is 29.9 Å². The van der Waals surface area contributed by atoms with Gasteiger partial charge >= 0.3 is 0 Å². The maximum absolute atomic E-state index is 6.00. The third kappa shape index (κ3) is 4.08. The Balaban J connectivity index is 1.94. The summed E-state index contributed by atoms with van der Waals surface area (Å²) in [6, 6.07) is 8.62. The molecule has 1 aromatic heterocycles. The van der Waals surface area contributed by atoms with E-state index in [-0.39, 0.29) is 0 Å². The highest BCUT2D eigenvalue weighted by Gasteiger charge is 2.02. The first-order valence-electron chi connectivity index (χ1n) is 6.67. The first-order valence-corrected chi connectivity index (χ1v) is 7.05. The van der Waals surface area contributed by atoms with E-state index in [1.54, 1.807) is 0 Å². The fourth-order valence-electron chi connectivity index (χ4n) is 1.93. The second kappa shape index (κ2) is 6.73. The molecular weight excluding hydrogens is 258 g/mol. The third-order valence-corrected chi connectivity index (χ3v) is 3.38. The molecule has 0 amide bonds. The van der Waals surface area contributed by atoms with Crippen LogP contribution in [0.25, 0.3) is 0 Å². The maximum atomic E-state index is 6.00. The van der Waals surface area contributed by atoms with E-state index in [1.807, 2.05) is 17.8 Å². The van der Waals surface area contributed by atoms with E-state index in [4.69, 9.17) is 11.6 Å². The maximum Gasteiger partial charge on any atom is 0.0815 e. The van der Waals surface area contributed by atoms with Crippen LogP contribution < -0.4 is 5.32 Å². The van der Waals surface area contributed by atoms with Gasteiger partial charge in [0.15, 0.2) is 0 Å². The number of rotatable bonds is 6. The molecule has 0 atom stereocenters. The van der Waals surface area contributed by atoms with Gasteiger partial charge in [-0.15, -0.1) is 0 Å². The van der Waals surface area contributed by atoms with Crippen molar-refractivity contribution < 1.29 is 0 Å². The molecule has 1 N–H and O–H groups in total. The fraction of sp³-hybridized carbons (Fsp3) is 0.400. The van der Waals surface area contributed by atoms with E-state index < -0.39 is 0 Å². The first kappa shape index (κ1) is 14.1. The van der Waals surface area contributed by atoms with E-state index in [0.29, 0.717) is 0 Å². The molecular formula is C15H20ClN3. The molecule has 2 rings (SSSR count). The second-order valence-corrected chi connectivity index (χ2v) is 5.16. The molecule has 0 spiro atoms. The Morgan fingerprint density at radius 2 is 1.89 bits per heavy atom. The zero-order valence-electron chi connectivity index (χ0n) is 11.5. The Bertz CT molecular complexity index is 497. The molecule has 0 fully saturated rings. The quantitative estimate of drug-likeness (QED) is 0.820. The second-order valence-electron chi connectivity index (χ2n) is 4.75. The van der Waals surface area contributed by atoms with Crippen molar-refractivity contribution in [3.05, 3.63) is 52.3 Å². The van der Waals surface area contributed by atoms with Crippen molar-refractivity contribution in [2.75, 3.05) is 6.54 Å². The minimum atomic E-state index is 0.723. The van der Waals surface area contributed by atoms with Crippen LogP contribution in [0.15, 0.2) is 30.5 Å². The molecule has 102 valence electrons. The summed E-state index contributed by atoms with van der Waals surface area (Å²) >= 11 is 6.00. The molecule has 0 unspecified atom stereocenters. The normalized spacial score (nSPS) is 10.9. The Morgan fingerprint density at radius 3 is 2.47 bits per heavy atom. The average molecular weight is 278 g/mol. The van der Waals surface area contributed by atoms with E-state index in [0.717, 1.165) is 36.8 Å². The standard InChI is InChI=1S/C15H20ClN3/c1-3-8-17-9-13-4-6-14(7-5-13)10-19-11-15(16)12(2)18-19/h4-7,11,17H,3,8-10H2,1-2H3. The van der Waals surface area contributed by atoms with Gasteiger partial charge in [0.05, 0.1) is 17.3 Å². The van der Waals surface area contributed by atoms with Crippen molar-refractivity contribution in [2.24, 2.45) is 0 Å². The van der Waals surface area contributed by atoms with Crippen molar-refractivity contribution in [1.29, 1.82) is 0 Å². The molecule has 0 radical (unpaired) electrons. The SMILES string of the molecule is CCCNCc1ccc(Cn2cc(Cl)c(C)n2)cc1. The summed E-state index contributed by atoms with van der Waals surface area (Å²) in [4.78, 5) is 0. The number of benzene rings is 1. The number of aromatic nitrogens is 2. The zero-order valence-corrected chi connectivity index (χ0v) is 12.2. The summed E-state index contributed by atoms with van der Waals surface area (Å²) < 4.78 is 1.88. The average Bonchev–Trinajstić information content (AvgIpc) is 2.71. The molecule has 0 saturated heterocycles. The van der Waals surface area contributed by atoms with Gasteiger partial charge in [-0.3, -0.25) is 4.68 Å². The van der Waals surface area contributed by atoms with Gasteiger partial charge in [-0.1, -0.05) is 42.8 Å². The number of nitrogens with one attached hydrogen (secondary N) is 1. The minimum absolute atomic E-state index is 0.723. The molecule has 0 bridgehead atoms. The van der Waals surface area contributed by atoms with Crippen LogP contribution >= 0.6 is 11.6 Å². The fourth-order valence-corrected chi connectivity index (χ4v) is 2.08. The van der Waals surface area contributed by atoms with Gasteiger partial charge in [-0.25, -0.2) is 0 Å². The van der Waals surface area contributed by atoms with Crippen LogP contribution in [0.1, 0.15) is 30.2 Å². The number of nitrogens with zero attached hydrogens (tertiary/aromatic N) is 2. The van der Waals surface area contributed by atoms with Crippen LogP contribution in [0.3, 0.4) is 0 Å². The Morgan fingerprint density at radius 1 is 1.21 bits per heavy atom. The summed E-state index contributed by atoms with van der Waals surface area (Å²) in [6.07, 6.45) is 3.03. The lowest BCUT2D eigenvalue weighted by molar-refractivity contribution is 0.670. The van der Waals surface area contributed by atoms with Gasteiger partial charge in [0.2, 0.25) is 0 Å². The third-order valence-electron chi connectivity index (χ3n) is 3.01. The van der Waals surface area contributed by atoms with Gasteiger partial charge in [0, 0.05) is 12.7 Å². The van der Waals surface area contributed by atoms with Crippen LogP contribution in [0.2, 0.25) is 5.02 Å². The molecule has 0 aliphatic heterocycles. The van der Waals surface area contributed by atoms with E-state index in [2.05, 4.69) is 41.6 Å². The molecule has 3 nitrogen and oxygen atoms in total. The Kier molecular flexibility index (Phi) is 5.00. The number of hydrogen-bond donors (Lipinski definition) is 1. The molecule has 0 aliphatic rings. The predicted molar refractivity (Wildman–Crippen MR) is 79.5 cm³/mol. The molecule has 0 aliphatic carbocycles. The molecule has 2 aromatic rings. The summed E-state index contributed by atoms with van der Waals surface area (Å²) in [6.45, 7) is 6.85. The highest BCUT2D eigenvalue weighted by Crippen LogP contribution is 2.13. The van der Waals surface area contributed by atoms with E-state index in [9.17, 15) is 0 Å². The smallest absolute Gasteiger partial charge is 0.0815 e. The highest BCUT2D eigenvalue weighted by molar-refractivity contribution is 6.31. The van der Waals surface area contributed by atoms with Gasteiger partial charge in [0.25, 0.3) is 0 Å². The van der Waals surface area contributed by atoms with Crippen LogP contribution in [0, 0.1) is 6.92 Å². The monoisotopic (exact) mass is 277 g/mol. The largest absolute Gasteiger partial charge is 0.313 e. The molecule has 0 saturated carbocycles. The number of hydrogen-bond acceptors (Lipinski definition) is 2. The van der Waals surface area contributed by atoms with Crippen molar-refractivity contribution in [1.82, 2.24) is 15.1 Å². The summed E-state index contributed by atoms with van der Waals surface area (Å²) in [7, 11) is 0. The highest BCUT2D eigenvalue weighted by atomic mass is 35.5. The van der Waals surface area contributed by atoms with E-state index >= 15 is 0 Å². The molecule has 4 heteroatoms. The van der Waals surface area contributed by atoms with Crippen LogP contribution in [0.5, 0.6) is 0 Å². The van der Waals surface area contributed by atoms with Crippen molar-refractivity contribution in [3.8, 4) is 0 Å².